The number of H-pyrrole nitrogens is 1. The molecule has 0 radical (unpaired) electrons. The number of carbonyl (C=O) groups is 3. The molecular formula is C38H45F2N7O5. The number of aromatic nitrogens is 2. The molecule has 5 fully saturated rings. The molecule has 0 bridgehead atoms. The van der Waals surface area contributed by atoms with Crippen molar-refractivity contribution in [2.24, 2.45) is 17.8 Å². The number of nitrogens with zero attached hydrogens (tertiary/aromatic N) is 4. The lowest BCUT2D eigenvalue weighted by Crippen LogP contribution is -2.63. The summed E-state index contributed by atoms with van der Waals surface area (Å²) in [7, 11) is 0. The highest BCUT2D eigenvalue weighted by Gasteiger charge is 2.39. The molecule has 14 heteroatoms. The molecule has 52 heavy (non-hydrogen) atoms. The largest absolute Gasteiger partial charge is 0.493 e. The van der Waals surface area contributed by atoms with E-state index >= 15 is 4.39 Å². The average molecular weight is 718 g/mol. The van der Waals surface area contributed by atoms with Gasteiger partial charge in [-0.15, -0.1) is 0 Å². The Balaban J connectivity index is 0.759. The van der Waals surface area contributed by atoms with Crippen molar-refractivity contribution < 1.29 is 27.9 Å². The Morgan fingerprint density at radius 2 is 1.67 bits per heavy atom. The van der Waals surface area contributed by atoms with Gasteiger partial charge in [0.15, 0.2) is 0 Å². The molecule has 4 aliphatic heterocycles. The lowest BCUT2D eigenvalue weighted by atomic mass is 9.91. The van der Waals surface area contributed by atoms with Crippen LogP contribution in [0.15, 0.2) is 35.1 Å². The van der Waals surface area contributed by atoms with Gasteiger partial charge in [-0.1, -0.05) is 0 Å². The molecule has 3 aromatic rings. The van der Waals surface area contributed by atoms with Crippen LogP contribution >= 0.6 is 0 Å². The molecule has 276 valence electrons. The maximum Gasteiger partial charge on any atom is 0.261 e. The second-order valence-corrected chi connectivity index (χ2v) is 15.2. The predicted octanol–water partition coefficient (Wildman–Crippen LogP) is 3.59. The Kier molecular flexibility index (Phi) is 9.58. The minimum atomic E-state index is -0.620. The summed E-state index contributed by atoms with van der Waals surface area (Å²) in [5.41, 5.74) is 0.852. The first kappa shape index (κ1) is 34.5. The van der Waals surface area contributed by atoms with Crippen LogP contribution < -0.4 is 25.8 Å². The third-order valence-corrected chi connectivity index (χ3v) is 11.5. The van der Waals surface area contributed by atoms with Crippen molar-refractivity contribution >= 4 is 40.0 Å². The molecule has 12 nitrogen and oxygen atoms in total. The van der Waals surface area contributed by atoms with Gasteiger partial charge < -0.3 is 24.8 Å². The molecule has 1 saturated carbocycles. The van der Waals surface area contributed by atoms with E-state index in [1.54, 1.807) is 18.2 Å². The number of rotatable bonds is 10. The molecule has 0 spiro atoms. The van der Waals surface area contributed by atoms with Crippen LogP contribution in [0.2, 0.25) is 0 Å². The molecule has 1 aromatic heterocycles. The number of nitrogens with one attached hydrogen (secondary N) is 3. The predicted molar refractivity (Wildman–Crippen MR) is 190 cm³/mol. The maximum atomic E-state index is 15.1. The number of piperidine rings is 3. The van der Waals surface area contributed by atoms with Gasteiger partial charge in [0.1, 0.15) is 34.6 Å². The number of amides is 3. The molecule has 3 amide bonds. The number of benzene rings is 2. The van der Waals surface area contributed by atoms with E-state index in [9.17, 15) is 23.6 Å². The van der Waals surface area contributed by atoms with Crippen molar-refractivity contribution in [1.29, 1.82) is 0 Å². The molecule has 8 rings (SSSR count). The van der Waals surface area contributed by atoms with E-state index < -0.39 is 29.1 Å². The number of aromatic amines is 1. The molecule has 1 unspecified atom stereocenters. The minimum Gasteiger partial charge on any atom is -0.493 e. The van der Waals surface area contributed by atoms with Crippen LogP contribution in [0.3, 0.4) is 0 Å². The number of carbonyl (C=O) groups excluding carboxylic acids is 3. The SMILES string of the molecule is O=C1CCC(Nc2ccc(N3CCC(C(=O)N4CC(N5CCC(COc6cc(F)c7c(=O)[nH]c(CC8CC8)nc7c6)CC5)C4)CC3)c(F)c2)C(=O)N1. The summed E-state index contributed by atoms with van der Waals surface area (Å²) in [6.45, 7) is 4.92. The van der Waals surface area contributed by atoms with Crippen LogP contribution in [0.1, 0.15) is 57.2 Å². The third-order valence-electron chi connectivity index (χ3n) is 11.5. The lowest BCUT2D eigenvalue weighted by Gasteiger charge is -2.49. The van der Waals surface area contributed by atoms with Gasteiger partial charge in [0.05, 0.1) is 17.8 Å². The number of imide groups is 1. The highest BCUT2D eigenvalue weighted by atomic mass is 19.1. The third kappa shape index (κ3) is 7.48. The van der Waals surface area contributed by atoms with Crippen LogP contribution in [-0.4, -0.2) is 95.4 Å². The van der Waals surface area contributed by atoms with E-state index in [4.69, 9.17) is 4.74 Å². The van der Waals surface area contributed by atoms with Crippen LogP contribution in [0.25, 0.3) is 10.9 Å². The summed E-state index contributed by atoms with van der Waals surface area (Å²) in [6.07, 6.45) is 6.81. The van der Waals surface area contributed by atoms with Gasteiger partial charge in [-0.05, 0) is 88.1 Å². The number of anilines is 2. The Hall–Kier alpha value is -4.59. The van der Waals surface area contributed by atoms with Crippen LogP contribution in [0, 0.1) is 29.4 Å². The van der Waals surface area contributed by atoms with Crippen molar-refractivity contribution in [2.75, 3.05) is 56.1 Å². The minimum absolute atomic E-state index is 0.0284. The molecule has 5 heterocycles. The first-order valence-electron chi connectivity index (χ1n) is 18.7. The van der Waals surface area contributed by atoms with Crippen LogP contribution in [0.5, 0.6) is 5.75 Å². The van der Waals surface area contributed by atoms with Gasteiger partial charge in [-0.3, -0.25) is 29.4 Å². The van der Waals surface area contributed by atoms with Gasteiger partial charge in [0.2, 0.25) is 17.7 Å². The topological polar surface area (TPSA) is 140 Å². The Morgan fingerprint density at radius 1 is 0.904 bits per heavy atom. The summed E-state index contributed by atoms with van der Waals surface area (Å²) in [6, 6.07) is 7.54. The summed E-state index contributed by atoms with van der Waals surface area (Å²) in [5, 5.41) is 5.29. The smallest absolute Gasteiger partial charge is 0.261 e. The van der Waals surface area contributed by atoms with Crippen molar-refractivity contribution in [3.63, 3.8) is 0 Å². The normalized spacial score (nSPS) is 22.4. The number of hydrogen-bond donors (Lipinski definition) is 3. The molecule has 5 aliphatic rings. The van der Waals surface area contributed by atoms with E-state index in [0.29, 0.717) is 91.7 Å². The van der Waals surface area contributed by atoms with E-state index in [1.165, 1.54) is 12.1 Å². The second-order valence-electron chi connectivity index (χ2n) is 15.2. The number of halogens is 2. The molecular weight excluding hydrogens is 672 g/mol. The van der Waals surface area contributed by atoms with Crippen molar-refractivity contribution in [1.82, 2.24) is 25.1 Å². The van der Waals surface area contributed by atoms with Crippen molar-refractivity contribution in [3.8, 4) is 5.75 Å². The number of likely N-dealkylation sites (tertiary alicyclic amines) is 2. The monoisotopic (exact) mass is 717 g/mol. The summed E-state index contributed by atoms with van der Waals surface area (Å²) in [4.78, 5) is 63.0. The van der Waals surface area contributed by atoms with E-state index in [0.717, 1.165) is 51.9 Å². The van der Waals surface area contributed by atoms with Crippen molar-refractivity contribution in [2.45, 2.75) is 69.9 Å². The molecule has 3 N–H and O–H groups in total. The highest BCUT2D eigenvalue weighted by Crippen LogP contribution is 2.33. The van der Waals surface area contributed by atoms with Crippen LogP contribution in [-0.2, 0) is 20.8 Å². The van der Waals surface area contributed by atoms with Gasteiger partial charge in [0.25, 0.3) is 5.56 Å². The second kappa shape index (κ2) is 14.4. The fourth-order valence-corrected chi connectivity index (χ4v) is 8.10. The van der Waals surface area contributed by atoms with Crippen LogP contribution in [0.4, 0.5) is 20.2 Å². The maximum absolute atomic E-state index is 15.1. The van der Waals surface area contributed by atoms with Gasteiger partial charge in [0, 0.05) is 68.8 Å². The summed E-state index contributed by atoms with van der Waals surface area (Å²) < 4.78 is 36.0. The van der Waals surface area contributed by atoms with E-state index in [1.807, 2.05) is 9.80 Å². The fraction of sp³-hybridized carbons (Fsp3) is 0.553. The van der Waals surface area contributed by atoms with Crippen molar-refractivity contribution in [3.05, 3.63) is 58.1 Å². The standard InChI is InChI=1S/C38H45F2N7O5/c39-28-16-25(41-30-4-6-34(48)44-36(30)49)3-5-32(28)46-13-9-24(10-14-46)38(51)47-19-26(20-47)45-11-7-23(8-12-45)21-52-27-17-29(40)35-31(18-27)42-33(43-37(35)50)15-22-1-2-22/h3,5,16-18,22-24,26,30,41H,1-2,4,6-15,19-21H2,(H,42,43,50)(H,44,48,49). The number of ether oxygens (including phenoxy) is 1. The first-order chi connectivity index (χ1) is 25.2. The van der Waals surface area contributed by atoms with Gasteiger partial charge in [-0.25, -0.2) is 13.8 Å². The molecule has 1 atom stereocenters. The molecule has 2 aromatic carbocycles. The molecule has 4 saturated heterocycles. The first-order valence-corrected chi connectivity index (χ1v) is 18.7. The van der Waals surface area contributed by atoms with Gasteiger partial charge in [-0.2, -0.15) is 0 Å². The van der Waals surface area contributed by atoms with E-state index in [2.05, 4.69) is 25.5 Å². The molecule has 1 aliphatic carbocycles. The Labute approximate surface area is 300 Å². The fourth-order valence-electron chi connectivity index (χ4n) is 8.10. The Bertz CT molecular complexity index is 1910. The average Bonchev–Trinajstić information content (AvgIpc) is 3.92. The Morgan fingerprint density at radius 3 is 2.38 bits per heavy atom. The number of fused-ring (bicyclic) bond motifs is 1. The summed E-state index contributed by atoms with van der Waals surface area (Å²) in [5.74, 6) is 0.275. The van der Waals surface area contributed by atoms with E-state index in [-0.39, 0.29) is 29.5 Å². The van der Waals surface area contributed by atoms with Gasteiger partial charge >= 0.3 is 0 Å². The zero-order valence-corrected chi connectivity index (χ0v) is 29.2. The highest BCUT2D eigenvalue weighted by molar-refractivity contribution is 6.01. The number of hydrogen-bond acceptors (Lipinski definition) is 9. The lowest BCUT2D eigenvalue weighted by molar-refractivity contribution is -0.144. The summed E-state index contributed by atoms with van der Waals surface area (Å²) >= 11 is 0. The zero-order valence-electron chi connectivity index (χ0n) is 29.2. The quantitative estimate of drug-likeness (QED) is 0.269. The zero-order chi connectivity index (χ0) is 35.9.